The number of anilines is 2. The van der Waals surface area contributed by atoms with E-state index in [4.69, 9.17) is 4.74 Å². The largest absolute Gasteiger partial charge is 0.489 e. The standard InChI is InChI=1S/C20H24N4O2/c1-2-17(25)24-10-11-26-19-16(24)9-8-15-18(19)20(23-13-22-15)21-12-14-6-4-3-5-7-14/h2,8-9,13-14H,1,3-7,10-12H2,(H,21,22,23). The van der Waals surface area contributed by atoms with E-state index in [1.807, 2.05) is 12.1 Å². The maximum atomic E-state index is 12.2. The van der Waals surface area contributed by atoms with Gasteiger partial charge in [0.25, 0.3) is 5.91 Å². The van der Waals surface area contributed by atoms with Crippen LogP contribution in [0.3, 0.4) is 0 Å². The normalized spacial score (nSPS) is 17.5. The number of fused-ring (bicyclic) bond motifs is 3. The molecule has 0 bridgehead atoms. The number of ether oxygens (including phenoxy) is 1. The molecule has 1 N–H and O–H groups in total. The smallest absolute Gasteiger partial charge is 0.250 e. The van der Waals surface area contributed by atoms with E-state index >= 15 is 0 Å². The van der Waals surface area contributed by atoms with Gasteiger partial charge >= 0.3 is 0 Å². The lowest BCUT2D eigenvalue weighted by molar-refractivity contribution is -0.114. The van der Waals surface area contributed by atoms with Crippen molar-refractivity contribution >= 4 is 28.3 Å². The zero-order chi connectivity index (χ0) is 17.9. The van der Waals surface area contributed by atoms with Crippen LogP contribution >= 0.6 is 0 Å². The first-order valence-corrected chi connectivity index (χ1v) is 9.36. The fraction of sp³-hybridized carbons (Fsp3) is 0.450. The Morgan fingerprint density at radius 3 is 2.96 bits per heavy atom. The van der Waals surface area contributed by atoms with E-state index in [9.17, 15) is 4.79 Å². The van der Waals surface area contributed by atoms with Gasteiger partial charge in [-0.1, -0.05) is 25.8 Å². The van der Waals surface area contributed by atoms with Gasteiger partial charge in [0.1, 0.15) is 18.8 Å². The summed E-state index contributed by atoms with van der Waals surface area (Å²) in [6.07, 6.45) is 9.43. The Morgan fingerprint density at radius 1 is 1.31 bits per heavy atom. The minimum absolute atomic E-state index is 0.123. The van der Waals surface area contributed by atoms with Crippen LogP contribution in [0, 0.1) is 5.92 Å². The van der Waals surface area contributed by atoms with Crippen LogP contribution in [0.2, 0.25) is 0 Å². The third-order valence-corrected chi connectivity index (χ3v) is 5.31. The SMILES string of the molecule is C=CC(=O)N1CCOc2c1ccc1ncnc(NCC3CCCCC3)c21. The second kappa shape index (κ2) is 7.32. The van der Waals surface area contributed by atoms with Crippen LogP contribution in [0.25, 0.3) is 10.9 Å². The van der Waals surface area contributed by atoms with Gasteiger partial charge in [0.05, 0.1) is 23.1 Å². The summed E-state index contributed by atoms with van der Waals surface area (Å²) in [5, 5.41) is 4.36. The van der Waals surface area contributed by atoms with E-state index in [2.05, 4.69) is 21.9 Å². The van der Waals surface area contributed by atoms with Crippen molar-refractivity contribution in [3.05, 3.63) is 31.1 Å². The van der Waals surface area contributed by atoms with Crippen LogP contribution in [0.15, 0.2) is 31.1 Å². The Morgan fingerprint density at radius 2 is 2.15 bits per heavy atom. The van der Waals surface area contributed by atoms with Crippen LogP contribution in [-0.4, -0.2) is 35.6 Å². The van der Waals surface area contributed by atoms with E-state index in [1.54, 1.807) is 11.2 Å². The van der Waals surface area contributed by atoms with Gasteiger partial charge in [-0.2, -0.15) is 0 Å². The van der Waals surface area contributed by atoms with Crippen molar-refractivity contribution in [2.75, 3.05) is 29.9 Å². The van der Waals surface area contributed by atoms with E-state index in [1.165, 1.54) is 38.2 Å². The van der Waals surface area contributed by atoms with Crippen molar-refractivity contribution in [1.82, 2.24) is 9.97 Å². The first-order valence-electron chi connectivity index (χ1n) is 9.36. The zero-order valence-electron chi connectivity index (χ0n) is 14.9. The summed E-state index contributed by atoms with van der Waals surface area (Å²) in [4.78, 5) is 22.7. The summed E-state index contributed by atoms with van der Waals surface area (Å²) >= 11 is 0. The lowest BCUT2D eigenvalue weighted by atomic mass is 9.89. The molecule has 2 aromatic rings. The number of amides is 1. The van der Waals surface area contributed by atoms with E-state index < -0.39 is 0 Å². The van der Waals surface area contributed by atoms with Crippen LogP contribution in [0.5, 0.6) is 5.75 Å². The lowest BCUT2D eigenvalue weighted by Crippen LogP contribution is -2.36. The summed E-state index contributed by atoms with van der Waals surface area (Å²) in [7, 11) is 0. The summed E-state index contributed by atoms with van der Waals surface area (Å²) in [6.45, 7) is 5.47. The van der Waals surface area contributed by atoms with Gasteiger partial charge in [0.2, 0.25) is 0 Å². The van der Waals surface area contributed by atoms with Gasteiger partial charge in [-0.05, 0) is 37.0 Å². The van der Waals surface area contributed by atoms with Crippen molar-refractivity contribution in [3.63, 3.8) is 0 Å². The van der Waals surface area contributed by atoms with Crippen LogP contribution in [-0.2, 0) is 4.79 Å². The topological polar surface area (TPSA) is 67.4 Å². The minimum atomic E-state index is -0.123. The molecule has 136 valence electrons. The summed E-state index contributed by atoms with van der Waals surface area (Å²) in [5.41, 5.74) is 1.57. The molecule has 1 amide bonds. The van der Waals surface area contributed by atoms with Crippen molar-refractivity contribution < 1.29 is 9.53 Å². The Balaban J connectivity index is 1.69. The highest BCUT2D eigenvalue weighted by atomic mass is 16.5. The molecule has 1 aliphatic heterocycles. The summed E-state index contributed by atoms with van der Waals surface area (Å²) in [5.74, 6) is 2.02. The molecule has 0 atom stereocenters. The fourth-order valence-corrected chi connectivity index (χ4v) is 3.93. The van der Waals surface area contributed by atoms with Gasteiger partial charge < -0.3 is 15.0 Å². The molecule has 4 rings (SSSR count). The second-order valence-corrected chi connectivity index (χ2v) is 6.96. The molecular weight excluding hydrogens is 328 g/mol. The van der Waals surface area contributed by atoms with Gasteiger partial charge in [-0.3, -0.25) is 4.79 Å². The molecule has 0 radical (unpaired) electrons. The summed E-state index contributed by atoms with van der Waals surface area (Å²) in [6, 6.07) is 3.80. The molecule has 2 heterocycles. The van der Waals surface area contributed by atoms with Gasteiger partial charge in [-0.15, -0.1) is 0 Å². The highest BCUT2D eigenvalue weighted by Crippen LogP contribution is 2.41. The van der Waals surface area contributed by atoms with Gasteiger partial charge in [-0.25, -0.2) is 9.97 Å². The van der Waals surface area contributed by atoms with Crippen LogP contribution < -0.4 is 15.0 Å². The molecule has 6 nitrogen and oxygen atoms in total. The van der Waals surface area contributed by atoms with Crippen LogP contribution in [0.1, 0.15) is 32.1 Å². The first kappa shape index (κ1) is 16.8. The molecule has 1 fully saturated rings. The van der Waals surface area contributed by atoms with Crippen molar-refractivity contribution in [1.29, 1.82) is 0 Å². The molecule has 0 unspecified atom stereocenters. The highest BCUT2D eigenvalue weighted by Gasteiger charge is 2.26. The zero-order valence-corrected chi connectivity index (χ0v) is 14.9. The third kappa shape index (κ3) is 3.11. The van der Waals surface area contributed by atoms with Crippen LogP contribution in [0.4, 0.5) is 11.5 Å². The molecule has 0 spiro atoms. The molecule has 1 aromatic carbocycles. The Bertz CT molecular complexity index is 830. The molecule has 0 saturated heterocycles. The van der Waals surface area contributed by atoms with Gasteiger partial charge in [0.15, 0.2) is 5.75 Å². The highest BCUT2D eigenvalue weighted by molar-refractivity contribution is 6.07. The van der Waals surface area contributed by atoms with E-state index in [-0.39, 0.29) is 5.91 Å². The van der Waals surface area contributed by atoms with Crippen molar-refractivity contribution in [2.45, 2.75) is 32.1 Å². The van der Waals surface area contributed by atoms with Crippen molar-refractivity contribution in [2.24, 2.45) is 5.92 Å². The first-order chi connectivity index (χ1) is 12.8. The average Bonchev–Trinajstić information content (AvgIpc) is 2.71. The number of carbonyl (C=O) groups excluding carboxylic acids is 1. The monoisotopic (exact) mass is 352 g/mol. The fourth-order valence-electron chi connectivity index (χ4n) is 3.93. The quantitative estimate of drug-likeness (QED) is 0.853. The van der Waals surface area contributed by atoms with Crippen molar-refractivity contribution in [3.8, 4) is 5.75 Å². The Labute approximate surface area is 153 Å². The number of nitrogens with zero attached hydrogens (tertiary/aromatic N) is 3. The number of nitrogens with one attached hydrogen (secondary N) is 1. The predicted octanol–water partition coefficient (Wildman–Crippen LogP) is 3.53. The van der Waals surface area contributed by atoms with Gasteiger partial charge in [0, 0.05) is 6.54 Å². The molecule has 1 saturated carbocycles. The molecular formula is C20H24N4O2. The number of carbonyl (C=O) groups is 1. The number of benzene rings is 1. The lowest BCUT2D eigenvalue weighted by Gasteiger charge is -2.30. The third-order valence-electron chi connectivity index (χ3n) is 5.31. The molecule has 26 heavy (non-hydrogen) atoms. The number of aromatic nitrogens is 2. The number of hydrogen-bond acceptors (Lipinski definition) is 5. The summed E-state index contributed by atoms with van der Waals surface area (Å²) < 4.78 is 5.95. The predicted molar refractivity (Wildman–Crippen MR) is 103 cm³/mol. The number of rotatable bonds is 4. The van der Waals surface area contributed by atoms with E-state index in [0.717, 1.165) is 29.0 Å². The minimum Gasteiger partial charge on any atom is -0.489 e. The number of hydrogen-bond donors (Lipinski definition) is 1. The average molecular weight is 352 g/mol. The Hall–Kier alpha value is -2.63. The molecule has 2 aliphatic rings. The van der Waals surface area contributed by atoms with E-state index in [0.29, 0.717) is 24.8 Å². The molecule has 1 aromatic heterocycles. The second-order valence-electron chi connectivity index (χ2n) is 6.96. The molecule has 6 heteroatoms. The maximum absolute atomic E-state index is 12.2. The Kier molecular flexibility index (Phi) is 4.73. The molecule has 1 aliphatic carbocycles. The maximum Gasteiger partial charge on any atom is 0.250 e.